The zero-order chi connectivity index (χ0) is 21.4. The molecule has 4 rings (SSSR count). The molecule has 0 unspecified atom stereocenters. The van der Waals surface area contributed by atoms with Crippen molar-refractivity contribution in [2.45, 2.75) is 17.9 Å². The maximum absolute atomic E-state index is 13.1. The Morgan fingerprint density at radius 1 is 0.733 bits per heavy atom. The van der Waals surface area contributed by atoms with Crippen LogP contribution in [0.3, 0.4) is 0 Å². The van der Waals surface area contributed by atoms with Gasteiger partial charge in [-0.25, -0.2) is 8.42 Å². The van der Waals surface area contributed by atoms with Gasteiger partial charge in [-0.2, -0.15) is 21.3 Å². The average molecular weight is 452 g/mol. The van der Waals surface area contributed by atoms with Crippen molar-refractivity contribution in [2.75, 3.05) is 39.8 Å². The molecule has 0 radical (unpaired) electrons. The van der Waals surface area contributed by atoms with Gasteiger partial charge in [0.1, 0.15) is 5.75 Å². The van der Waals surface area contributed by atoms with Gasteiger partial charge in [0.2, 0.25) is 10.0 Å². The number of methoxy groups -OCH3 is 1. The lowest BCUT2D eigenvalue weighted by atomic mass is 10.0. The monoisotopic (exact) mass is 451 g/mol. The highest BCUT2D eigenvalue weighted by Crippen LogP contribution is 2.25. The van der Waals surface area contributed by atoms with E-state index in [1.807, 2.05) is 24.3 Å². The van der Waals surface area contributed by atoms with Crippen LogP contribution in [0, 0.1) is 0 Å². The summed E-state index contributed by atoms with van der Waals surface area (Å²) < 4.78 is 61.3. The van der Waals surface area contributed by atoms with E-state index in [-0.39, 0.29) is 31.1 Å². The van der Waals surface area contributed by atoms with Gasteiger partial charge in [-0.15, -0.1) is 0 Å². The van der Waals surface area contributed by atoms with Crippen LogP contribution in [0.1, 0.15) is 11.1 Å². The highest BCUT2D eigenvalue weighted by molar-refractivity contribution is 7.89. The quantitative estimate of drug-likeness (QED) is 0.684. The fourth-order valence-electron chi connectivity index (χ4n) is 3.87. The lowest BCUT2D eigenvalue weighted by Crippen LogP contribution is -2.54. The van der Waals surface area contributed by atoms with E-state index in [0.717, 1.165) is 5.56 Å². The number of hydrogen-bond donors (Lipinski definition) is 0. The Hall–Kier alpha value is -1.98. The van der Waals surface area contributed by atoms with Crippen molar-refractivity contribution in [3.63, 3.8) is 0 Å². The van der Waals surface area contributed by atoms with Crippen molar-refractivity contribution < 1.29 is 21.6 Å². The molecule has 2 aliphatic heterocycles. The van der Waals surface area contributed by atoms with E-state index in [4.69, 9.17) is 4.74 Å². The minimum absolute atomic E-state index is 0.123. The Morgan fingerprint density at radius 3 is 1.97 bits per heavy atom. The molecule has 1 saturated heterocycles. The third-order valence-electron chi connectivity index (χ3n) is 5.64. The van der Waals surface area contributed by atoms with Crippen molar-refractivity contribution in [1.82, 2.24) is 12.9 Å². The average Bonchev–Trinajstić information content (AvgIpc) is 2.78. The number of fused-ring (bicyclic) bond motifs is 1. The molecule has 2 aromatic rings. The van der Waals surface area contributed by atoms with Crippen LogP contribution in [0.25, 0.3) is 0 Å². The summed E-state index contributed by atoms with van der Waals surface area (Å²) in [6.45, 7) is 1.30. The number of ether oxygens (including phenoxy) is 1. The Bertz CT molecular complexity index is 1110. The molecular formula is C20H25N3O5S2. The van der Waals surface area contributed by atoms with Crippen LogP contribution in [0.2, 0.25) is 0 Å². The second-order valence-electron chi connectivity index (χ2n) is 7.34. The summed E-state index contributed by atoms with van der Waals surface area (Å²) >= 11 is 0. The van der Waals surface area contributed by atoms with Gasteiger partial charge in [-0.05, 0) is 41.8 Å². The van der Waals surface area contributed by atoms with Crippen LogP contribution in [-0.4, -0.2) is 69.6 Å². The smallest absolute Gasteiger partial charge is 0.282 e. The van der Waals surface area contributed by atoms with Gasteiger partial charge in [0.15, 0.2) is 0 Å². The highest BCUT2D eigenvalue weighted by atomic mass is 32.2. The Kier molecular flexibility index (Phi) is 5.86. The number of nitrogens with zero attached hydrogens (tertiary/aromatic N) is 3. The van der Waals surface area contributed by atoms with Crippen LogP contribution in [0.5, 0.6) is 5.75 Å². The summed E-state index contributed by atoms with van der Waals surface area (Å²) in [5.41, 5.74) is 2.20. The molecule has 162 valence electrons. The van der Waals surface area contributed by atoms with E-state index in [0.29, 0.717) is 25.3 Å². The lowest BCUT2D eigenvalue weighted by molar-refractivity contribution is 0.250. The van der Waals surface area contributed by atoms with Crippen LogP contribution in [-0.2, 0) is 33.2 Å². The molecule has 30 heavy (non-hydrogen) atoms. The van der Waals surface area contributed by atoms with Crippen molar-refractivity contribution in [1.29, 1.82) is 0 Å². The molecule has 2 aliphatic rings. The molecule has 2 heterocycles. The fourth-order valence-corrected chi connectivity index (χ4v) is 6.87. The first-order chi connectivity index (χ1) is 14.3. The summed E-state index contributed by atoms with van der Waals surface area (Å²) in [5.74, 6) is 0.577. The predicted molar refractivity (Wildman–Crippen MR) is 113 cm³/mol. The van der Waals surface area contributed by atoms with E-state index in [1.165, 1.54) is 37.7 Å². The van der Waals surface area contributed by atoms with E-state index < -0.39 is 20.2 Å². The molecule has 10 heteroatoms. The van der Waals surface area contributed by atoms with E-state index in [2.05, 4.69) is 0 Å². The Morgan fingerprint density at radius 2 is 1.33 bits per heavy atom. The van der Waals surface area contributed by atoms with Crippen LogP contribution in [0.15, 0.2) is 53.4 Å². The number of hydrogen-bond acceptors (Lipinski definition) is 5. The molecule has 0 aliphatic carbocycles. The van der Waals surface area contributed by atoms with Gasteiger partial charge in [0.25, 0.3) is 10.2 Å². The van der Waals surface area contributed by atoms with Crippen molar-refractivity contribution in [3.05, 3.63) is 59.7 Å². The third-order valence-corrected chi connectivity index (χ3v) is 9.54. The van der Waals surface area contributed by atoms with Gasteiger partial charge >= 0.3 is 0 Å². The van der Waals surface area contributed by atoms with Gasteiger partial charge in [0.05, 0.1) is 12.0 Å². The molecule has 0 amide bonds. The molecule has 2 aromatic carbocycles. The Balaban J connectivity index is 1.43. The molecule has 0 aromatic heterocycles. The minimum Gasteiger partial charge on any atom is -0.497 e. The third kappa shape index (κ3) is 3.97. The van der Waals surface area contributed by atoms with Crippen LogP contribution in [0.4, 0.5) is 0 Å². The van der Waals surface area contributed by atoms with E-state index in [9.17, 15) is 16.8 Å². The van der Waals surface area contributed by atoms with Gasteiger partial charge in [-0.3, -0.25) is 0 Å². The molecule has 0 atom stereocenters. The largest absolute Gasteiger partial charge is 0.497 e. The van der Waals surface area contributed by atoms with Crippen LogP contribution < -0.4 is 4.74 Å². The minimum atomic E-state index is -3.68. The SMILES string of the molecule is COc1ccc(S(=O)(=O)N2CCN(S(=O)(=O)N3CCc4ccccc4C3)CC2)cc1. The van der Waals surface area contributed by atoms with Gasteiger partial charge < -0.3 is 4.74 Å². The summed E-state index contributed by atoms with van der Waals surface area (Å²) in [5, 5.41) is 0. The number of sulfonamides is 1. The van der Waals surface area contributed by atoms with Crippen molar-refractivity contribution in [2.24, 2.45) is 0 Å². The second-order valence-corrected chi connectivity index (χ2v) is 11.2. The lowest BCUT2D eigenvalue weighted by Gasteiger charge is -2.37. The number of rotatable bonds is 5. The fraction of sp³-hybridized carbons (Fsp3) is 0.400. The maximum Gasteiger partial charge on any atom is 0.282 e. The summed E-state index contributed by atoms with van der Waals surface area (Å²) in [7, 11) is -5.80. The van der Waals surface area contributed by atoms with Crippen molar-refractivity contribution >= 4 is 20.2 Å². The molecule has 0 spiro atoms. The topological polar surface area (TPSA) is 87.2 Å². The molecule has 8 nitrogen and oxygen atoms in total. The second kappa shape index (κ2) is 8.27. The Labute approximate surface area is 177 Å². The maximum atomic E-state index is 13.1. The molecule has 1 fully saturated rings. The van der Waals surface area contributed by atoms with Crippen molar-refractivity contribution in [3.8, 4) is 5.75 Å². The van der Waals surface area contributed by atoms with E-state index in [1.54, 1.807) is 12.1 Å². The first-order valence-corrected chi connectivity index (χ1v) is 12.6. The predicted octanol–water partition coefficient (Wildman–Crippen LogP) is 1.30. The molecular weight excluding hydrogens is 426 g/mol. The summed E-state index contributed by atoms with van der Waals surface area (Å²) in [6.07, 6.45) is 0.682. The van der Waals surface area contributed by atoms with Gasteiger partial charge in [-0.1, -0.05) is 24.3 Å². The normalized spacial score (nSPS) is 19.4. The zero-order valence-corrected chi connectivity index (χ0v) is 18.4. The molecule has 0 saturated carbocycles. The first kappa shape index (κ1) is 21.3. The van der Waals surface area contributed by atoms with Crippen LogP contribution >= 0.6 is 0 Å². The van der Waals surface area contributed by atoms with Gasteiger partial charge in [0, 0.05) is 39.3 Å². The standard InChI is InChI=1S/C20H25N3O5S2/c1-28-19-6-8-20(9-7-19)29(24,25)21-12-14-22(15-13-21)30(26,27)23-11-10-17-4-2-3-5-18(17)16-23/h2-9H,10-16H2,1H3. The van der Waals surface area contributed by atoms with E-state index >= 15 is 0 Å². The first-order valence-electron chi connectivity index (χ1n) is 9.78. The molecule has 0 bridgehead atoms. The summed E-state index contributed by atoms with van der Waals surface area (Å²) in [6, 6.07) is 14.1. The number of benzene rings is 2. The zero-order valence-electron chi connectivity index (χ0n) is 16.8. The number of piperazine rings is 1. The summed E-state index contributed by atoms with van der Waals surface area (Å²) in [4.78, 5) is 0.173. The molecule has 0 N–H and O–H groups in total. The highest BCUT2D eigenvalue weighted by Gasteiger charge is 2.37.